The fourth-order valence-corrected chi connectivity index (χ4v) is 14.2. The van der Waals surface area contributed by atoms with Gasteiger partial charge in [-0.25, -0.2) is 15.3 Å². The van der Waals surface area contributed by atoms with Crippen molar-refractivity contribution in [1.82, 2.24) is 46.8 Å². The molecular formula is C69H83Cl2N15O23S. The van der Waals surface area contributed by atoms with E-state index in [-0.39, 0.29) is 85.0 Å². The number of nitrogen functional groups attached to an aromatic ring is 2. The summed E-state index contributed by atoms with van der Waals surface area (Å²) in [6.07, 6.45) is -17.8. The largest absolute Gasteiger partial charge is 0.508 e. The highest BCUT2D eigenvalue weighted by atomic mass is 35.5. The van der Waals surface area contributed by atoms with Crippen LogP contribution in [0.5, 0.6) is 46.0 Å². The molecule has 6 aromatic rings. The summed E-state index contributed by atoms with van der Waals surface area (Å²) in [5.74, 6) is -4.15. The lowest BCUT2D eigenvalue weighted by Gasteiger charge is -2.47. The van der Waals surface area contributed by atoms with Crippen LogP contribution < -0.4 is 80.4 Å². The summed E-state index contributed by atoms with van der Waals surface area (Å²) in [6.45, 7) is 8.04. The van der Waals surface area contributed by atoms with Crippen LogP contribution in [0.25, 0.3) is 11.1 Å². The quantitative estimate of drug-likeness (QED) is 0.0226. The van der Waals surface area contributed by atoms with Gasteiger partial charge in [-0.3, -0.25) is 39.0 Å². The molecule has 18 atom stereocenters. The number of aliphatic hydroxyl groups is 5. The number of hydrazine groups is 1. The minimum Gasteiger partial charge on any atom is -0.508 e. The normalized spacial score (nSPS) is 25.8. The van der Waals surface area contributed by atoms with Crippen molar-refractivity contribution in [3.05, 3.63) is 117 Å². The van der Waals surface area contributed by atoms with Gasteiger partial charge in [0.05, 0.1) is 46.7 Å². The number of phenolic OH excluding ortho intramolecular Hbond substituents is 3. The minimum atomic E-state index is -2.19. The number of benzene rings is 5. The first-order chi connectivity index (χ1) is 51.9. The van der Waals surface area contributed by atoms with E-state index in [0.717, 1.165) is 52.8 Å². The Balaban J connectivity index is 1.16. The lowest BCUT2D eigenvalue weighted by Crippen LogP contribution is -2.64. The first-order valence-corrected chi connectivity index (χ1v) is 35.8. The Labute approximate surface area is 639 Å². The number of hydrogen-bond donors (Lipinski definition) is 21. The zero-order valence-corrected chi connectivity index (χ0v) is 61.7. The van der Waals surface area contributed by atoms with E-state index in [1.54, 1.807) is 0 Å². The number of ether oxygens (including phenoxy) is 6. The van der Waals surface area contributed by atoms with E-state index in [1.807, 2.05) is 13.8 Å². The first-order valence-electron chi connectivity index (χ1n) is 34.0. The SMILES string of the molecule is CN[C@@H](CC(C)C)C(=O)N[C@@H](C(=O)N[C@@H](CC(N)=O)C(N)=O)[C@H](O)c1ccc(Oc2cc3cc(c2OC2OC(CSc4nnc(NN)n4N)C(O)C(O)C2OC2CC(C)(N)C(O)C(C)O2)Oc2ccc(cc2Cl)[C@@H](O)C2NC(=O)[C@H](NC(=O)[C@@H]3C)c3ccc(O)c(c3)-c3c(O)cc(O)cc3[C@H](C(=O)O)NC2=O)c(Cl)c1. The molecule has 1 aromatic heterocycles. The van der Waals surface area contributed by atoms with Gasteiger partial charge in [-0.1, -0.05) is 67.0 Å². The number of carbonyl (C=O) groups excluding carboxylic acids is 7. The smallest absolute Gasteiger partial charge is 0.330 e. The highest BCUT2D eigenvalue weighted by Gasteiger charge is 2.52. The number of aliphatic hydroxyl groups excluding tert-OH is 5. The summed E-state index contributed by atoms with van der Waals surface area (Å²) in [5, 5.41) is 127. The number of thioether (sulfide) groups is 1. The Hall–Kier alpha value is -10.1. The summed E-state index contributed by atoms with van der Waals surface area (Å²) in [7, 11) is 1.49. The fourth-order valence-electron chi connectivity index (χ4n) is 12.9. The second-order valence-corrected chi connectivity index (χ2v) is 29.1. The predicted molar refractivity (Wildman–Crippen MR) is 388 cm³/mol. The number of halogens is 2. The molecular weight excluding hydrogens is 1510 g/mol. The van der Waals surface area contributed by atoms with Crippen LogP contribution in [0.2, 0.25) is 10.0 Å². The van der Waals surface area contributed by atoms with Gasteiger partial charge in [0, 0.05) is 40.5 Å². The number of carboxylic acids is 1. The van der Waals surface area contributed by atoms with Gasteiger partial charge in [-0.15, -0.1) is 10.2 Å². The van der Waals surface area contributed by atoms with Crippen molar-refractivity contribution < 1.29 is 113 Å². The monoisotopic (exact) mass is 1590 g/mol. The van der Waals surface area contributed by atoms with Crippen molar-refractivity contribution in [3.63, 3.8) is 0 Å². The van der Waals surface area contributed by atoms with E-state index in [4.69, 9.17) is 80.5 Å². The molecule has 592 valence electrons. The summed E-state index contributed by atoms with van der Waals surface area (Å²) in [6, 6.07) is 3.58. The first kappa shape index (κ1) is 82.4. The number of nitrogens with one attached hydrogen (secondary N) is 7. The third-order valence-electron chi connectivity index (χ3n) is 18.8. The van der Waals surface area contributed by atoms with Gasteiger partial charge in [0.1, 0.15) is 77.3 Å². The van der Waals surface area contributed by atoms with E-state index in [1.165, 1.54) is 70.3 Å². The van der Waals surface area contributed by atoms with Crippen LogP contribution in [0.1, 0.15) is 112 Å². The number of nitrogens with zero attached hydrogens (tertiary/aromatic N) is 3. The van der Waals surface area contributed by atoms with Crippen molar-refractivity contribution in [2.75, 3.05) is 24.1 Å². The minimum absolute atomic E-state index is 0.0263. The predicted octanol–water partition coefficient (Wildman–Crippen LogP) is -0.0850. The topological polar surface area (TPSA) is 619 Å². The Kier molecular flexibility index (Phi) is 25.5. The maximum absolute atomic E-state index is 15.4. The van der Waals surface area contributed by atoms with Gasteiger partial charge in [0.25, 0.3) is 5.95 Å². The zero-order chi connectivity index (χ0) is 80.4. The Bertz CT molecular complexity index is 4520. The number of likely N-dealkylation sites (N-methyl/N-ethyl adjacent to an activating group) is 1. The van der Waals surface area contributed by atoms with Gasteiger partial charge in [-0.2, -0.15) is 0 Å². The molecule has 0 radical (unpaired) electrons. The van der Waals surface area contributed by atoms with Crippen LogP contribution in [0.3, 0.4) is 0 Å². The number of phenols is 3. The molecule has 26 N–H and O–H groups in total. The standard InChI is InChI=1S/C69H83Cl2N15O23S/c1-24(2)13-37(77-6)61(98)81-50(63(100)78-36(59(73)96)21-45(72)90)52(91)28-8-11-40(34(70)15-28)105-42-17-30-18-43(56(42)109-66-57(108-46-22-69(5,74)58(95)26(4)104-46)55(94)54(93)44(107-66)23-110-68-85-84-67(83-75)86(68)76)106-41-12-9-29(16-35(41)71)53(92)51-64(101)80-49(65(102)103)33-19-31(87)20-39(89)47(33)32-14-27(7-10-38(32)88)48(62(99)82-51)79-60(97)25(30)3/h7-12,14-20,24-26,36-37,44,46,48-55,57-58,66,77,87-89,91-95H,13,21-23,74-76H2,1-6H3,(H2,72,90)(H2,73,96)(H,78,100)(H,79,97)(H,80,101)(H,81,98)(H,82,99)(H,83,84)(H,102,103)/t25-,26?,36+,37+,44?,46?,48-,49-,50-,51?,52-,53-,54?,55?,57?,58?,66?,69?/m1/s1. The van der Waals surface area contributed by atoms with Gasteiger partial charge in [0.15, 0.2) is 29.9 Å². The van der Waals surface area contributed by atoms with Gasteiger partial charge >= 0.3 is 5.97 Å². The highest BCUT2D eigenvalue weighted by molar-refractivity contribution is 7.99. The van der Waals surface area contributed by atoms with Crippen LogP contribution in [0.4, 0.5) is 5.95 Å². The molecule has 5 aliphatic heterocycles. The molecule has 2 fully saturated rings. The molecule has 0 spiro atoms. The molecule has 6 heterocycles. The van der Waals surface area contributed by atoms with Crippen LogP contribution in [0, 0.1) is 5.92 Å². The second-order valence-electron chi connectivity index (χ2n) is 27.3. The molecule has 41 heteroatoms. The lowest BCUT2D eigenvalue weighted by molar-refractivity contribution is -0.329. The molecule has 5 aromatic carbocycles. The number of rotatable bonds is 23. The number of aliphatic carboxylic acids is 1. The molecule has 0 saturated carbocycles. The third kappa shape index (κ3) is 18.0. The maximum atomic E-state index is 15.4. The van der Waals surface area contributed by atoms with Crippen LogP contribution in [0.15, 0.2) is 84.0 Å². The van der Waals surface area contributed by atoms with E-state index < -0.39 is 208 Å². The average Bonchev–Trinajstić information content (AvgIpc) is 0.830. The van der Waals surface area contributed by atoms with E-state index >= 15 is 9.59 Å². The maximum Gasteiger partial charge on any atom is 0.330 e. The Morgan fingerprint density at radius 2 is 1.52 bits per heavy atom. The van der Waals surface area contributed by atoms with E-state index in [0.29, 0.717) is 0 Å². The number of primary amides is 2. The molecule has 5 aliphatic rings. The summed E-state index contributed by atoms with van der Waals surface area (Å²) in [5.41, 5.74) is 16.3. The fraction of sp³-hybridized carbons (Fsp3) is 0.420. The summed E-state index contributed by atoms with van der Waals surface area (Å²) >= 11 is 15.1. The van der Waals surface area contributed by atoms with Crippen LogP contribution in [-0.4, -0.2) is 200 Å². The van der Waals surface area contributed by atoms with Crippen LogP contribution >= 0.6 is 35.0 Å². The number of carbonyl (C=O) groups is 8. The molecule has 110 heavy (non-hydrogen) atoms. The summed E-state index contributed by atoms with van der Waals surface area (Å²) < 4.78 is 40.4. The van der Waals surface area contributed by atoms with E-state index in [2.05, 4.69) is 47.5 Å². The lowest BCUT2D eigenvalue weighted by atomic mass is 9.86. The van der Waals surface area contributed by atoms with Gasteiger partial charge < -0.3 is 129 Å². The molecule has 0 aliphatic carbocycles. The zero-order valence-electron chi connectivity index (χ0n) is 59.4. The number of anilines is 1. The number of nitrogens with two attached hydrogens (primary N) is 5. The Morgan fingerprint density at radius 1 is 0.800 bits per heavy atom. The summed E-state index contributed by atoms with van der Waals surface area (Å²) in [4.78, 5) is 111. The second kappa shape index (κ2) is 34.0. The van der Waals surface area contributed by atoms with Crippen LogP contribution in [-0.2, 0) is 52.6 Å². The van der Waals surface area contributed by atoms with Crippen molar-refractivity contribution in [1.29, 1.82) is 0 Å². The number of aromatic hydroxyl groups is 3. The molecule has 38 nitrogen and oxygen atoms in total. The van der Waals surface area contributed by atoms with Crippen molar-refractivity contribution in [3.8, 4) is 57.1 Å². The molecule has 2 saturated heterocycles. The Morgan fingerprint density at radius 3 is 2.15 bits per heavy atom. The molecule has 11 rings (SSSR count). The van der Waals surface area contributed by atoms with Gasteiger partial charge in [0.2, 0.25) is 58.5 Å². The average molecular weight is 1590 g/mol. The number of hydrogen-bond acceptors (Lipinski definition) is 30. The highest BCUT2D eigenvalue weighted by Crippen LogP contribution is 2.50. The van der Waals surface area contributed by atoms with E-state index in [9.17, 15) is 74.7 Å². The van der Waals surface area contributed by atoms with Crippen molar-refractivity contribution in [2.24, 2.45) is 29.0 Å². The number of fused-ring (bicyclic) bond motifs is 8. The number of amides is 7. The number of aromatic nitrogens is 3. The number of carboxylic acid groups (broad SMARTS) is 1. The van der Waals surface area contributed by atoms with Gasteiger partial charge in [-0.05, 0) is 117 Å². The molecule has 10 unspecified atom stereocenters. The van der Waals surface area contributed by atoms with Crippen molar-refractivity contribution >= 4 is 88.2 Å². The van der Waals surface area contributed by atoms with Crippen molar-refractivity contribution in [2.45, 2.75) is 168 Å². The third-order valence-corrected chi connectivity index (χ3v) is 20.4. The molecule has 7 amide bonds. The molecule has 8 bridgehead atoms.